The molecule has 1 heterocycles. The SMILES string of the molecule is OCCN1C[C@@H](O)[C@@H](O)[C@@H](O)C1CO. The number of aliphatic hydroxyl groups excluding tert-OH is 5. The van der Waals surface area contributed by atoms with Gasteiger partial charge in [0.2, 0.25) is 0 Å². The fourth-order valence-corrected chi connectivity index (χ4v) is 1.76. The molecule has 0 aromatic rings. The van der Waals surface area contributed by atoms with Crippen molar-refractivity contribution in [3.05, 3.63) is 0 Å². The Labute approximate surface area is 82.0 Å². The number of likely N-dealkylation sites (tertiary alicyclic amines) is 1. The first kappa shape index (κ1) is 11.8. The van der Waals surface area contributed by atoms with Gasteiger partial charge in [-0.3, -0.25) is 4.90 Å². The van der Waals surface area contributed by atoms with E-state index in [1.807, 2.05) is 0 Å². The second-order valence-electron chi connectivity index (χ2n) is 3.52. The molecule has 0 spiro atoms. The summed E-state index contributed by atoms with van der Waals surface area (Å²) in [5, 5.41) is 45.9. The molecule has 1 unspecified atom stereocenters. The number of aliphatic hydroxyl groups is 5. The standard InChI is InChI=1S/C8H17NO5/c10-2-1-9-3-6(12)8(14)7(13)5(9)4-11/h5-8,10-14H,1-4H2/t5?,6-,7+,8-/m1/s1. The Morgan fingerprint density at radius 3 is 2.21 bits per heavy atom. The van der Waals surface area contributed by atoms with Crippen LogP contribution in [-0.2, 0) is 0 Å². The van der Waals surface area contributed by atoms with E-state index < -0.39 is 24.4 Å². The van der Waals surface area contributed by atoms with Gasteiger partial charge in [0.05, 0.1) is 25.4 Å². The van der Waals surface area contributed by atoms with Crippen molar-refractivity contribution in [2.24, 2.45) is 0 Å². The molecule has 6 heteroatoms. The van der Waals surface area contributed by atoms with E-state index in [2.05, 4.69) is 0 Å². The third-order valence-electron chi connectivity index (χ3n) is 2.60. The van der Waals surface area contributed by atoms with Gasteiger partial charge in [0, 0.05) is 13.1 Å². The van der Waals surface area contributed by atoms with Crippen LogP contribution in [0.25, 0.3) is 0 Å². The van der Waals surface area contributed by atoms with E-state index in [9.17, 15) is 15.3 Å². The summed E-state index contributed by atoms with van der Waals surface area (Å²) in [4.78, 5) is 1.56. The molecule has 0 aromatic heterocycles. The highest BCUT2D eigenvalue weighted by Gasteiger charge is 2.40. The topological polar surface area (TPSA) is 104 Å². The molecule has 0 aromatic carbocycles. The van der Waals surface area contributed by atoms with Gasteiger partial charge < -0.3 is 25.5 Å². The van der Waals surface area contributed by atoms with Crippen LogP contribution >= 0.6 is 0 Å². The van der Waals surface area contributed by atoms with Gasteiger partial charge in [0.1, 0.15) is 12.2 Å². The maximum absolute atomic E-state index is 9.51. The monoisotopic (exact) mass is 207 g/mol. The third kappa shape index (κ3) is 2.22. The molecule has 84 valence electrons. The summed E-state index contributed by atoms with van der Waals surface area (Å²) < 4.78 is 0. The van der Waals surface area contributed by atoms with Gasteiger partial charge in [-0.25, -0.2) is 0 Å². The van der Waals surface area contributed by atoms with Crippen LogP contribution in [0.15, 0.2) is 0 Å². The molecule has 0 saturated carbocycles. The molecule has 0 amide bonds. The summed E-state index contributed by atoms with van der Waals surface area (Å²) in [6, 6.07) is -0.624. The molecule has 6 nitrogen and oxygen atoms in total. The van der Waals surface area contributed by atoms with Gasteiger partial charge in [-0.2, -0.15) is 0 Å². The maximum Gasteiger partial charge on any atom is 0.109 e. The fraction of sp³-hybridized carbons (Fsp3) is 1.00. The molecular formula is C8H17NO5. The van der Waals surface area contributed by atoms with Gasteiger partial charge in [-0.15, -0.1) is 0 Å². The number of hydrogen-bond acceptors (Lipinski definition) is 6. The van der Waals surface area contributed by atoms with E-state index in [0.717, 1.165) is 0 Å². The number of nitrogens with zero attached hydrogens (tertiary/aromatic N) is 1. The highest BCUT2D eigenvalue weighted by atomic mass is 16.4. The summed E-state index contributed by atoms with van der Waals surface area (Å²) in [5.74, 6) is 0. The Kier molecular flexibility index (Phi) is 4.24. The first-order chi connectivity index (χ1) is 6.61. The summed E-state index contributed by atoms with van der Waals surface area (Å²) >= 11 is 0. The van der Waals surface area contributed by atoms with Crippen molar-refractivity contribution in [3.63, 3.8) is 0 Å². The Morgan fingerprint density at radius 2 is 1.71 bits per heavy atom. The maximum atomic E-state index is 9.51. The predicted molar refractivity (Wildman–Crippen MR) is 47.6 cm³/mol. The fourth-order valence-electron chi connectivity index (χ4n) is 1.76. The summed E-state index contributed by atoms with van der Waals surface area (Å²) in [6.45, 7) is -0.0347. The lowest BCUT2D eigenvalue weighted by Crippen LogP contribution is -2.62. The van der Waals surface area contributed by atoms with Crippen molar-refractivity contribution in [1.82, 2.24) is 4.90 Å². The van der Waals surface area contributed by atoms with Crippen LogP contribution in [-0.4, -0.2) is 81.1 Å². The minimum Gasteiger partial charge on any atom is -0.395 e. The zero-order valence-electron chi connectivity index (χ0n) is 7.82. The van der Waals surface area contributed by atoms with Crippen molar-refractivity contribution in [2.75, 3.05) is 26.3 Å². The molecule has 1 saturated heterocycles. The summed E-state index contributed by atoms with van der Waals surface area (Å²) in [5.41, 5.74) is 0. The van der Waals surface area contributed by atoms with E-state index in [-0.39, 0.29) is 26.3 Å². The molecule has 1 aliphatic rings. The van der Waals surface area contributed by atoms with Crippen molar-refractivity contribution in [2.45, 2.75) is 24.4 Å². The Morgan fingerprint density at radius 1 is 1.07 bits per heavy atom. The van der Waals surface area contributed by atoms with Crippen LogP contribution in [0.5, 0.6) is 0 Å². The van der Waals surface area contributed by atoms with E-state index in [4.69, 9.17) is 10.2 Å². The molecular weight excluding hydrogens is 190 g/mol. The highest BCUT2D eigenvalue weighted by molar-refractivity contribution is 4.93. The normalized spacial score (nSPS) is 40.1. The molecule has 4 atom stereocenters. The molecule has 5 N–H and O–H groups in total. The van der Waals surface area contributed by atoms with Crippen molar-refractivity contribution < 1.29 is 25.5 Å². The third-order valence-corrected chi connectivity index (χ3v) is 2.60. The van der Waals surface area contributed by atoms with Crippen molar-refractivity contribution in [1.29, 1.82) is 0 Å². The van der Waals surface area contributed by atoms with Crippen molar-refractivity contribution >= 4 is 0 Å². The second kappa shape index (κ2) is 5.01. The summed E-state index contributed by atoms with van der Waals surface area (Å²) in [6.07, 6.45) is -3.46. The van der Waals surface area contributed by atoms with Crippen LogP contribution in [0, 0.1) is 0 Å². The van der Waals surface area contributed by atoms with E-state index in [1.165, 1.54) is 0 Å². The van der Waals surface area contributed by atoms with Crippen LogP contribution in [0.4, 0.5) is 0 Å². The molecule has 0 radical (unpaired) electrons. The van der Waals surface area contributed by atoms with Gasteiger partial charge in [0.25, 0.3) is 0 Å². The average molecular weight is 207 g/mol. The van der Waals surface area contributed by atoms with E-state index >= 15 is 0 Å². The van der Waals surface area contributed by atoms with Gasteiger partial charge in [-0.05, 0) is 0 Å². The summed E-state index contributed by atoms with van der Waals surface area (Å²) in [7, 11) is 0. The Balaban J connectivity index is 2.66. The quantitative estimate of drug-likeness (QED) is 0.333. The van der Waals surface area contributed by atoms with Crippen LogP contribution in [0.3, 0.4) is 0 Å². The molecule has 14 heavy (non-hydrogen) atoms. The minimum atomic E-state index is -1.23. The Hall–Kier alpha value is -0.240. The average Bonchev–Trinajstić information content (AvgIpc) is 2.16. The largest absolute Gasteiger partial charge is 0.395 e. The van der Waals surface area contributed by atoms with Gasteiger partial charge in [-0.1, -0.05) is 0 Å². The predicted octanol–water partition coefficient (Wildman–Crippen LogP) is -3.26. The van der Waals surface area contributed by atoms with Crippen LogP contribution < -0.4 is 0 Å². The zero-order valence-corrected chi connectivity index (χ0v) is 7.82. The highest BCUT2D eigenvalue weighted by Crippen LogP contribution is 2.18. The second-order valence-corrected chi connectivity index (χ2v) is 3.52. The van der Waals surface area contributed by atoms with E-state index in [1.54, 1.807) is 4.90 Å². The smallest absolute Gasteiger partial charge is 0.109 e. The van der Waals surface area contributed by atoms with E-state index in [0.29, 0.717) is 0 Å². The molecule has 1 rings (SSSR count). The van der Waals surface area contributed by atoms with Crippen molar-refractivity contribution in [3.8, 4) is 0 Å². The number of rotatable bonds is 3. The number of piperidine rings is 1. The molecule has 1 aliphatic heterocycles. The Bertz CT molecular complexity index is 179. The molecule has 1 fully saturated rings. The lowest BCUT2D eigenvalue weighted by molar-refractivity contribution is -0.146. The lowest BCUT2D eigenvalue weighted by Gasteiger charge is -2.42. The van der Waals surface area contributed by atoms with Gasteiger partial charge in [0.15, 0.2) is 0 Å². The van der Waals surface area contributed by atoms with Gasteiger partial charge >= 0.3 is 0 Å². The minimum absolute atomic E-state index is 0.119. The number of hydrogen-bond donors (Lipinski definition) is 5. The first-order valence-electron chi connectivity index (χ1n) is 4.61. The zero-order chi connectivity index (χ0) is 10.7. The first-order valence-corrected chi connectivity index (χ1v) is 4.61. The molecule has 0 bridgehead atoms. The lowest BCUT2D eigenvalue weighted by atomic mass is 9.94. The van der Waals surface area contributed by atoms with Crippen LogP contribution in [0.1, 0.15) is 0 Å². The van der Waals surface area contributed by atoms with Crippen LogP contribution in [0.2, 0.25) is 0 Å². The molecule has 0 aliphatic carbocycles. The number of β-amino-alcohol motifs (C(OH)–C–C–N with tert-alkyl or cyclic N) is 2.